The normalized spacial score (nSPS) is 27.2. The molecule has 0 heterocycles. The van der Waals surface area contributed by atoms with Crippen LogP contribution in [-0.2, 0) is 4.79 Å². The minimum absolute atomic E-state index is 0.283. The summed E-state index contributed by atoms with van der Waals surface area (Å²) in [7, 11) is 0. The fourth-order valence-electron chi connectivity index (χ4n) is 4.11. The fraction of sp³-hybridized carbons (Fsp3) is 0.941. The van der Waals surface area contributed by atoms with Gasteiger partial charge in [-0.15, -0.1) is 0 Å². The Labute approximate surface area is 123 Å². The average Bonchev–Trinajstić information content (AvgIpc) is 3.30. The standard InChI is InChI=1S/C17H30N2O/c18-17(11-5-2-6-12-17)16(20)19(15-9-10-15)13-14-7-3-1-4-8-14/h14-15H,1-13,18H2. The molecule has 3 aliphatic carbocycles. The van der Waals surface area contributed by atoms with Gasteiger partial charge in [0.2, 0.25) is 5.91 Å². The van der Waals surface area contributed by atoms with Crippen molar-refractivity contribution >= 4 is 5.91 Å². The Morgan fingerprint density at radius 2 is 1.55 bits per heavy atom. The maximum Gasteiger partial charge on any atom is 0.242 e. The van der Waals surface area contributed by atoms with Crippen LogP contribution >= 0.6 is 0 Å². The molecule has 3 rings (SSSR count). The van der Waals surface area contributed by atoms with Crippen LogP contribution in [0.2, 0.25) is 0 Å². The number of hydrogen-bond donors (Lipinski definition) is 1. The molecular formula is C17H30N2O. The van der Waals surface area contributed by atoms with Gasteiger partial charge in [-0.25, -0.2) is 0 Å². The van der Waals surface area contributed by atoms with Gasteiger partial charge in [-0.2, -0.15) is 0 Å². The van der Waals surface area contributed by atoms with Gasteiger partial charge in [0.1, 0.15) is 0 Å². The second-order valence-electron chi connectivity index (χ2n) is 7.41. The van der Waals surface area contributed by atoms with Crippen LogP contribution in [0.15, 0.2) is 0 Å². The first-order valence-electron chi connectivity index (χ1n) is 8.79. The van der Waals surface area contributed by atoms with E-state index >= 15 is 0 Å². The van der Waals surface area contributed by atoms with Crippen LogP contribution in [0.3, 0.4) is 0 Å². The summed E-state index contributed by atoms with van der Waals surface area (Å²) < 4.78 is 0. The van der Waals surface area contributed by atoms with Crippen molar-refractivity contribution in [3.63, 3.8) is 0 Å². The lowest BCUT2D eigenvalue weighted by Gasteiger charge is -2.39. The lowest BCUT2D eigenvalue weighted by Crippen LogP contribution is -2.57. The van der Waals surface area contributed by atoms with Crippen LogP contribution in [0.25, 0.3) is 0 Å². The van der Waals surface area contributed by atoms with Gasteiger partial charge in [0, 0.05) is 12.6 Å². The first kappa shape index (κ1) is 14.4. The molecule has 0 radical (unpaired) electrons. The second kappa shape index (κ2) is 6.05. The summed E-state index contributed by atoms with van der Waals surface area (Å²) in [4.78, 5) is 15.2. The van der Waals surface area contributed by atoms with Crippen LogP contribution in [0.4, 0.5) is 0 Å². The predicted molar refractivity (Wildman–Crippen MR) is 81.3 cm³/mol. The summed E-state index contributed by atoms with van der Waals surface area (Å²) in [5, 5.41) is 0. The lowest BCUT2D eigenvalue weighted by molar-refractivity contribution is -0.139. The zero-order valence-electron chi connectivity index (χ0n) is 12.8. The fourth-order valence-corrected chi connectivity index (χ4v) is 4.11. The molecular weight excluding hydrogens is 248 g/mol. The predicted octanol–water partition coefficient (Wildman–Crippen LogP) is 3.22. The third-order valence-corrected chi connectivity index (χ3v) is 5.60. The first-order valence-corrected chi connectivity index (χ1v) is 8.79. The van der Waals surface area contributed by atoms with Crippen LogP contribution in [0.1, 0.15) is 77.0 Å². The Bertz CT molecular complexity index is 339. The van der Waals surface area contributed by atoms with Gasteiger partial charge in [-0.05, 0) is 44.4 Å². The van der Waals surface area contributed by atoms with Crippen molar-refractivity contribution in [3.8, 4) is 0 Å². The Balaban J connectivity index is 1.64. The summed E-state index contributed by atoms with van der Waals surface area (Å²) in [5.41, 5.74) is 5.95. The molecule has 3 aliphatic rings. The number of amides is 1. The van der Waals surface area contributed by atoms with E-state index in [1.807, 2.05) is 0 Å². The zero-order valence-corrected chi connectivity index (χ0v) is 12.8. The number of nitrogens with zero attached hydrogens (tertiary/aromatic N) is 1. The topological polar surface area (TPSA) is 46.3 Å². The average molecular weight is 278 g/mol. The van der Waals surface area contributed by atoms with Crippen LogP contribution < -0.4 is 5.73 Å². The van der Waals surface area contributed by atoms with E-state index in [1.54, 1.807) is 0 Å². The minimum Gasteiger partial charge on any atom is -0.338 e. The molecule has 2 N–H and O–H groups in total. The van der Waals surface area contributed by atoms with Crippen molar-refractivity contribution < 1.29 is 4.79 Å². The quantitative estimate of drug-likeness (QED) is 0.858. The maximum absolute atomic E-state index is 13.0. The first-order chi connectivity index (χ1) is 9.69. The number of rotatable bonds is 4. The van der Waals surface area contributed by atoms with Crippen molar-refractivity contribution in [1.82, 2.24) is 4.90 Å². The highest BCUT2D eigenvalue weighted by atomic mass is 16.2. The van der Waals surface area contributed by atoms with Gasteiger partial charge in [0.15, 0.2) is 0 Å². The Kier molecular flexibility index (Phi) is 4.34. The van der Waals surface area contributed by atoms with E-state index in [0.717, 1.165) is 38.1 Å². The van der Waals surface area contributed by atoms with Crippen LogP contribution in [0, 0.1) is 5.92 Å². The molecule has 0 aliphatic heterocycles. The van der Waals surface area contributed by atoms with Crippen molar-refractivity contribution in [3.05, 3.63) is 0 Å². The highest BCUT2D eigenvalue weighted by Gasteiger charge is 2.43. The molecule has 0 spiro atoms. The van der Waals surface area contributed by atoms with Gasteiger partial charge < -0.3 is 10.6 Å². The maximum atomic E-state index is 13.0. The molecule has 0 unspecified atom stereocenters. The number of nitrogens with two attached hydrogens (primary N) is 1. The van der Waals surface area contributed by atoms with Gasteiger partial charge in [-0.3, -0.25) is 4.79 Å². The minimum atomic E-state index is -0.532. The third kappa shape index (κ3) is 3.19. The SMILES string of the molecule is NC1(C(=O)N(CC2CCCCC2)C2CC2)CCCCC1. The van der Waals surface area contributed by atoms with E-state index < -0.39 is 5.54 Å². The van der Waals surface area contributed by atoms with Gasteiger partial charge in [0.05, 0.1) is 5.54 Å². The summed E-state index contributed by atoms with van der Waals surface area (Å²) in [6.45, 7) is 0.989. The molecule has 0 atom stereocenters. The summed E-state index contributed by atoms with van der Waals surface area (Å²) >= 11 is 0. The van der Waals surface area contributed by atoms with Crippen molar-refractivity contribution in [2.45, 2.75) is 88.6 Å². The number of carbonyl (C=O) groups excluding carboxylic acids is 1. The molecule has 114 valence electrons. The molecule has 3 fully saturated rings. The zero-order chi connectivity index (χ0) is 14.0. The van der Waals surface area contributed by atoms with Crippen LogP contribution in [0.5, 0.6) is 0 Å². The monoisotopic (exact) mass is 278 g/mol. The summed E-state index contributed by atoms with van der Waals surface area (Å²) in [5.74, 6) is 1.02. The summed E-state index contributed by atoms with van der Waals surface area (Å²) in [6, 6.07) is 0.520. The molecule has 0 aromatic heterocycles. The van der Waals surface area contributed by atoms with Gasteiger partial charge in [-0.1, -0.05) is 38.5 Å². The number of carbonyl (C=O) groups is 1. The van der Waals surface area contributed by atoms with E-state index in [2.05, 4.69) is 4.90 Å². The number of hydrogen-bond acceptors (Lipinski definition) is 2. The van der Waals surface area contributed by atoms with Gasteiger partial charge >= 0.3 is 0 Å². The molecule has 0 bridgehead atoms. The van der Waals surface area contributed by atoms with Crippen molar-refractivity contribution in [2.24, 2.45) is 11.7 Å². The molecule has 3 nitrogen and oxygen atoms in total. The molecule has 1 amide bonds. The van der Waals surface area contributed by atoms with Crippen molar-refractivity contribution in [2.75, 3.05) is 6.54 Å². The smallest absolute Gasteiger partial charge is 0.242 e. The van der Waals surface area contributed by atoms with E-state index in [-0.39, 0.29) is 5.91 Å². The molecule has 0 saturated heterocycles. The van der Waals surface area contributed by atoms with E-state index in [0.29, 0.717) is 6.04 Å². The molecule has 3 heteroatoms. The molecule has 20 heavy (non-hydrogen) atoms. The molecule has 0 aromatic rings. The van der Waals surface area contributed by atoms with Crippen molar-refractivity contribution in [1.29, 1.82) is 0 Å². The highest BCUT2D eigenvalue weighted by molar-refractivity contribution is 5.86. The van der Waals surface area contributed by atoms with E-state index in [4.69, 9.17) is 5.73 Å². The third-order valence-electron chi connectivity index (χ3n) is 5.60. The largest absolute Gasteiger partial charge is 0.338 e. The summed E-state index contributed by atoms with van der Waals surface area (Å²) in [6.07, 6.45) is 14.4. The van der Waals surface area contributed by atoms with E-state index in [9.17, 15) is 4.79 Å². The Morgan fingerprint density at radius 3 is 2.15 bits per heavy atom. The molecule has 3 saturated carbocycles. The molecule has 0 aromatic carbocycles. The Hall–Kier alpha value is -0.570. The van der Waals surface area contributed by atoms with E-state index in [1.165, 1.54) is 51.4 Å². The van der Waals surface area contributed by atoms with Crippen LogP contribution in [-0.4, -0.2) is 28.9 Å². The van der Waals surface area contributed by atoms with Gasteiger partial charge in [0.25, 0.3) is 0 Å². The Morgan fingerprint density at radius 1 is 0.950 bits per heavy atom. The lowest BCUT2D eigenvalue weighted by atomic mass is 9.81. The second-order valence-corrected chi connectivity index (χ2v) is 7.41. The highest BCUT2D eigenvalue weighted by Crippen LogP contribution is 2.35.